The van der Waals surface area contributed by atoms with Gasteiger partial charge in [0.25, 0.3) is 0 Å². The Kier molecular flexibility index (Phi) is 6.37. The molecule has 4 atom stereocenters. The minimum Gasteiger partial charge on any atom is -0.379 e. The number of nitrogens with one attached hydrogen (secondary N) is 1. The molecule has 1 aliphatic carbocycles. The van der Waals surface area contributed by atoms with Crippen LogP contribution in [0.25, 0.3) is 10.8 Å². The molecule has 2 aliphatic heterocycles. The maximum absolute atomic E-state index is 13.2. The molecule has 6 rings (SSSR count). The van der Waals surface area contributed by atoms with E-state index < -0.39 is 0 Å². The van der Waals surface area contributed by atoms with Gasteiger partial charge in [0.05, 0.1) is 23.5 Å². The maximum Gasteiger partial charge on any atom is 0.229 e. The van der Waals surface area contributed by atoms with Crippen molar-refractivity contribution >= 4 is 39.8 Å². The van der Waals surface area contributed by atoms with Crippen LogP contribution >= 0.6 is 11.6 Å². The number of carbonyl (C=O) groups is 1. The smallest absolute Gasteiger partial charge is 0.229 e. The van der Waals surface area contributed by atoms with Crippen molar-refractivity contribution in [1.29, 1.82) is 0 Å². The van der Waals surface area contributed by atoms with E-state index >= 15 is 0 Å². The number of carbonyl (C=O) groups excluding carboxylic acids is 1. The number of hydrogen-bond donors (Lipinski definition) is 1. The van der Waals surface area contributed by atoms with Crippen LogP contribution in [0.1, 0.15) is 38.2 Å². The quantitative estimate of drug-likeness (QED) is 0.520. The van der Waals surface area contributed by atoms with E-state index in [-0.39, 0.29) is 23.3 Å². The Balaban J connectivity index is 1.16. The van der Waals surface area contributed by atoms with E-state index in [2.05, 4.69) is 45.1 Å². The van der Waals surface area contributed by atoms with Crippen molar-refractivity contribution in [3.8, 4) is 0 Å². The molecule has 1 amide bonds. The van der Waals surface area contributed by atoms with E-state index in [4.69, 9.17) is 16.3 Å². The molecule has 9 heteroatoms. The van der Waals surface area contributed by atoms with Gasteiger partial charge in [0.1, 0.15) is 5.82 Å². The van der Waals surface area contributed by atoms with Crippen LogP contribution in [-0.4, -0.2) is 70.5 Å². The average molecular weight is 523 g/mol. The van der Waals surface area contributed by atoms with Gasteiger partial charge < -0.3 is 15.0 Å². The summed E-state index contributed by atoms with van der Waals surface area (Å²) in [5, 5.41) is 10.1. The van der Waals surface area contributed by atoms with Crippen LogP contribution in [0.15, 0.2) is 36.8 Å². The minimum atomic E-state index is -0.0455. The molecule has 3 aromatic rings. The molecule has 2 saturated heterocycles. The van der Waals surface area contributed by atoms with Gasteiger partial charge in [0, 0.05) is 75.0 Å². The number of rotatable bonds is 6. The van der Waals surface area contributed by atoms with Crippen molar-refractivity contribution in [3.63, 3.8) is 0 Å². The highest BCUT2D eigenvalue weighted by Crippen LogP contribution is 2.56. The molecule has 3 aliphatic rings. The summed E-state index contributed by atoms with van der Waals surface area (Å²) in [6, 6.07) is 6.08. The first kappa shape index (κ1) is 24.6. The second kappa shape index (κ2) is 9.57. The second-order valence-corrected chi connectivity index (χ2v) is 11.5. The van der Waals surface area contributed by atoms with Crippen LogP contribution in [-0.2, 0) is 16.6 Å². The Morgan fingerprint density at radius 3 is 2.68 bits per heavy atom. The first-order valence-corrected chi connectivity index (χ1v) is 13.7. The van der Waals surface area contributed by atoms with Crippen LogP contribution in [0.2, 0.25) is 5.02 Å². The van der Waals surface area contributed by atoms with Crippen LogP contribution in [0.5, 0.6) is 0 Å². The number of fused-ring (bicyclic) bond motifs is 1. The Morgan fingerprint density at radius 1 is 1.19 bits per heavy atom. The topological polar surface area (TPSA) is 75.5 Å². The Morgan fingerprint density at radius 2 is 2.00 bits per heavy atom. The summed E-state index contributed by atoms with van der Waals surface area (Å²) in [4.78, 5) is 22.6. The lowest BCUT2D eigenvalue weighted by atomic mass is 9.98. The van der Waals surface area contributed by atoms with Crippen molar-refractivity contribution < 1.29 is 9.53 Å². The lowest BCUT2D eigenvalue weighted by Gasteiger charge is -2.44. The number of amides is 1. The van der Waals surface area contributed by atoms with E-state index in [1.807, 2.05) is 31.6 Å². The van der Waals surface area contributed by atoms with Gasteiger partial charge >= 0.3 is 0 Å². The molecule has 2 aromatic heterocycles. The lowest BCUT2D eigenvalue weighted by Crippen LogP contribution is -2.56. The van der Waals surface area contributed by atoms with Crippen molar-refractivity contribution in [2.45, 2.75) is 38.1 Å². The van der Waals surface area contributed by atoms with Gasteiger partial charge in [-0.1, -0.05) is 24.9 Å². The number of anilines is 2. The average Bonchev–Trinajstić information content (AvgIpc) is 3.18. The molecule has 0 bridgehead atoms. The molecule has 196 valence electrons. The zero-order valence-electron chi connectivity index (χ0n) is 21.8. The predicted octanol–water partition coefficient (Wildman–Crippen LogP) is 4.30. The molecule has 37 heavy (non-hydrogen) atoms. The van der Waals surface area contributed by atoms with Crippen molar-refractivity contribution in [3.05, 3.63) is 47.4 Å². The third kappa shape index (κ3) is 4.60. The SMILES string of the molecule is CC[C@@H]1[C@H](C(=O)Nc2cc3cc(N4CCN([C@]5(C)CCOC5)CC4)c(Cl)cc3cn2)[C@H]1c1cnn(C)c1. The normalized spacial score (nSPS) is 28.1. The number of nitrogens with zero attached hydrogens (tertiary/aromatic N) is 5. The number of piperazine rings is 1. The number of pyridine rings is 1. The molecule has 4 heterocycles. The Labute approximate surface area is 222 Å². The molecule has 3 fully saturated rings. The zero-order valence-corrected chi connectivity index (χ0v) is 22.5. The number of aromatic nitrogens is 3. The number of halogens is 1. The molecule has 0 unspecified atom stereocenters. The molecule has 0 radical (unpaired) electrons. The molecule has 1 aromatic carbocycles. The van der Waals surface area contributed by atoms with Gasteiger partial charge in [-0.05, 0) is 48.4 Å². The molecular weight excluding hydrogens is 488 g/mol. The largest absolute Gasteiger partial charge is 0.379 e. The Bertz CT molecular complexity index is 1310. The molecule has 1 N–H and O–H groups in total. The van der Waals surface area contributed by atoms with Crippen molar-refractivity contribution in [2.75, 3.05) is 49.6 Å². The van der Waals surface area contributed by atoms with E-state index in [0.29, 0.717) is 11.7 Å². The van der Waals surface area contributed by atoms with Crippen LogP contribution in [0, 0.1) is 11.8 Å². The fourth-order valence-corrected chi connectivity index (χ4v) is 6.66. The van der Waals surface area contributed by atoms with Crippen molar-refractivity contribution in [2.24, 2.45) is 18.9 Å². The summed E-state index contributed by atoms with van der Waals surface area (Å²) >= 11 is 6.73. The number of ether oxygens (including phenoxy) is 1. The molecule has 8 nitrogen and oxygen atoms in total. The number of aryl methyl sites for hydroxylation is 1. The summed E-state index contributed by atoms with van der Waals surface area (Å²) in [6.07, 6.45) is 7.74. The maximum atomic E-state index is 13.2. The fourth-order valence-electron chi connectivity index (χ4n) is 6.37. The third-order valence-electron chi connectivity index (χ3n) is 8.67. The Hall–Kier alpha value is -2.68. The zero-order chi connectivity index (χ0) is 25.7. The second-order valence-electron chi connectivity index (χ2n) is 11.1. The molecular formula is C28H35ClN6O2. The highest BCUT2D eigenvalue weighted by Gasteiger charge is 2.54. The van der Waals surface area contributed by atoms with Crippen LogP contribution in [0.3, 0.4) is 0 Å². The van der Waals surface area contributed by atoms with E-state index in [0.717, 1.165) is 79.3 Å². The number of hydrogen-bond acceptors (Lipinski definition) is 6. The summed E-state index contributed by atoms with van der Waals surface area (Å²) in [7, 11) is 1.91. The highest BCUT2D eigenvalue weighted by molar-refractivity contribution is 6.34. The van der Waals surface area contributed by atoms with Gasteiger partial charge in [0.15, 0.2) is 0 Å². The van der Waals surface area contributed by atoms with Gasteiger partial charge in [-0.15, -0.1) is 0 Å². The standard InChI is InChI=1S/C28H35ClN6O2/c1-4-21-25(20-15-31-33(3)16-20)26(21)27(36)32-24-13-18-12-23(22(29)11-19(18)14-30-24)34-6-8-35(9-7-34)28(2)5-10-37-17-28/h11-16,21,25-26H,4-10,17H2,1-3H3,(H,30,32,36)/t21-,25-,26-,28+/m0/s1. The fraction of sp³-hybridized carbons (Fsp3) is 0.536. The summed E-state index contributed by atoms with van der Waals surface area (Å²) in [5.41, 5.74) is 2.32. The van der Waals surface area contributed by atoms with Gasteiger partial charge in [-0.3, -0.25) is 14.4 Å². The first-order valence-electron chi connectivity index (χ1n) is 13.3. The lowest BCUT2D eigenvalue weighted by molar-refractivity contribution is -0.117. The van der Waals surface area contributed by atoms with Crippen molar-refractivity contribution in [1.82, 2.24) is 19.7 Å². The van der Waals surface area contributed by atoms with Gasteiger partial charge in [-0.2, -0.15) is 5.10 Å². The van der Waals surface area contributed by atoms with E-state index in [9.17, 15) is 4.79 Å². The summed E-state index contributed by atoms with van der Waals surface area (Å²) in [5.74, 6) is 1.13. The number of benzene rings is 1. The predicted molar refractivity (Wildman–Crippen MR) is 146 cm³/mol. The van der Waals surface area contributed by atoms with Gasteiger partial charge in [0.2, 0.25) is 5.91 Å². The third-order valence-corrected chi connectivity index (χ3v) is 8.98. The first-order chi connectivity index (χ1) is 17.9. The van der Waals surface area contributed by atoms with E-state index in [1.165, 1.54) is 0 Å². The minimum absolute atomic E-state index is 0.0299. The van der Waals surface area contributed by atoms with E-state index in [1.54, 1.807) is 10.9 Å². The summed E-state index contributed by atoms with van der Waals surface area (Å²) in [6.45, 7) is 9.94. The monoisotopic (exact) mass is 522 g/mol. The summed E-state index contributed by atoms with van der Waals surface area (Å²) < 4.78 is 7.47. The molecule has 0 spiro atoms. The van der Waals surface area contributed by atoms with Crippen LogP contribution < -0.4 is 10.2 Å². The van der Waals surface area contributed by atoms with Crippen LogP contribution in [0.4, 0.5) is 11.5 Å². The van der Waals surface area contributed by atoms with Gasteiger partial charge in [-0.25, -0.2) is 4.98 Å². The highest BCUT2D eigenvalue weighted by atomic mass is 35.5. The molecule has 1 saturated carbocycles.